The summed E-state index contributed by atoms with van der Waals surface area (Å²) in [4.78, 5) is 29.7. The first-order chi connectivity index (χ1) is 16.2. The van der Waals surface area contributed by atoms with E-state index >= 15 is 0 Å². The van der Waals surface area contributed by atoms with Gasteiger partial charge in [-0.1, -0.05) is 48.2 Å². The van der Waals surface area contributed by atoms with E-state index in [2.05, 4.69) is 15.6 Å². The van der Waals surface area contributed by atoms with E-state index in [9.17, 15) is 9.59 Å². The zero-order valence-corrected chi connectivity index (χ0v) is 19.5. The lowest BCUT2D eigenvalue weighted by Gasteiger charge is -2.09. The molecule has 4 aromatic rings. The number of anilines is 1. The van der Waals surface area contributed by atoms with E-state index in [1.165, 1.54) is 23.1 Å². The van der Waals surface area contributed by atoms with Crippen LogP contribution >= 0.6 is 23.1 Å². The van der Waals surface area contributed by atoms with Crippen molar-refractivity contribution < 1.29 is 14.3 Å². The zero-order valence-electron chi connectivity index (χ0n) is 17.9. The molecule has 1 aliphatic heterocycles. The standard InChI is InChI=1S/C25H23N3O3S2/c29-23(26-14-18-7-4-12-31-18)15-32-25-28-21-11-10-17(13-22(21)33-25)27-24(30)20-9-3-6-16-5-1-2-8-19(16)20/h1-3,5-6,8-11,13,18H,4,7,12,14-15H2,(H,26,29)(H,27,30)/t18-/m1/s1. The van der Waals surface area contributed by atoms with Crippen molar-refractivity contribution in [2.24, 2.45) is 0 Å². The number of thioether (sulfide) groups is 1. The van der Waals surface area contributed by atoms with E-state index in [0.717, 1.165) is 50.5 Å². The molecule has 3 aromatic carbocycles. The van der Waals surface area contributed by atoms with Gasteiger partial charge in [0.2, 0.25) is 5.91 Å². The zero-order chi connectivity index (χ0) is 22.6. The van der Waals surface area contributed by atoms with Gasteiger partial charge in [0.05, 0.1) is 22.1 Å². The van der Waals surface area contributed by atoms with Crippen LogP contribution in [0.3, 0.4) is 0 Å². The molecule has 168 valence electrons. The third-order valence-electron chi connectivity index (χ3n) is 5.54. The lowest BCUT2D eigenvalue weighted by atomic mass is 10.0. The number of nitrogens with one attached hydrogen (secondary N) is 2. The minimum Gasteiger partial charge on any atom is -0.376 e. The molecule has 1 fully saturated rings. The van der Waals surface area contributed by atoms with Crippen LogP contribution in [0.2, 0.25) is 0 Å². The summed E-state index contributed by atoms with van der Waals surface area (Å²) in [5, 5.41) is 7.89. The fourth-order valence-corrected chi connectivity index (χ4v) is 5.81. The Morgan fingerprint density at radius 1 is 1.12 bits per heavy atom. The van der Waals surface area contributed by atoms with Gasteiger partial charge in [0.15, 0.2) is 4.34 Å². The Balaban J connectivity index is 1.22. The summed E-state index contributed by atoms with van der Waals surface area (Å²) in [6.07, 6.45) is 2.21. The smallest absolute Gasteiger partial charge is 0.256 e. The minimum absolute atomic E-state index is 0.0159. The first kappa shape index (κ1) is 21.9. The number of ether oxygens (including phenoxy) is 1. The van der Waals surface area contributed by atoms with E-state index in [1.807, 2.05) is 60.7 Å². The molecule has 0 spiro atoms. The Hall–Kier alpha value is -2.94. The Bertz CT molecular complexity index is 1310. The molecule has 1 atom stereocenters. The normalized spacial score (nSPS) is 15.7. The van der Waals surface area contributed by atoms with Gasteiger partial charge in [0, 0.05) is 24.4 Å². The molecule has 33 heavy (non-hydrogen) atoms. The second-order valence-corrected chi connectivity index (χ2v) is 10.1. The van der Waals surface area contributed by atoms with Gasteiger partial charge in [-0.2, -0.15) is 0 Å². The third-order valence-corrected chi connectivity index (χ3v) is 7.70. The SMILES string of the molecule is O=C(CSc1nc2ccc(NC(=O)c3cccc4ccccc34)cc2s1)NC[C@H]1CCCO1. The number of rotatable bonds is 7. The lowest BCUT2D eigenvalue weighted by molar-refractivity contribution is -0.119. The summed E-state index contributed by atoms with van der Waals surface area (Å²) in [5.74, 6) is 0.156. The fourth-order valence-electron chi connectivity index (χ4n) is 3.88. The molecule has 8 heteroatoms. The summed E-state index contributed by atoms with van der Waals surface area (Å²) in [5.41, 5.74) is 2.21. The first-order valence-corrected chi connectivity index (χ1v) is 12.7. The number of thiazole rings is 1. The van der Waals surface area contributed by atoms with Gasteiger partial charge in [-0.05, 0) is 47.9 Å². The maximum atomic E-state index is 12.9. The van der Waals surface area contributed by atoms with Crippen molar-refractivity contribution in [3.05, 3.63) is 66.2 Å². The average molecular weight is 478 g/mol. The molecule has 2 heterocycles. The van der Waals surface area contributed by atoms with Crippen LogP contribution in [-0.2, 0) is 9.53 Å². The number of nitrogens with zero attached hydrogens (tertiary/aromatic N) is 1. The monoisotopic (exact) mass is 477 g/mol. The predicted octanol–water partition coefficient (Wildman–Crippen LogP) is 5.09. The quantitative estimate of drug-likeness (QED) is 0.363. The van der Waals surface area contributed by atoms with Crippen molar-refractivity contribution in [2.75, 3.05) is 24.2 Å². The van der Waals surface area contributed by atoms with Gasteiger partial charge in [-0.25, -0.2) is 4.98 Å². The number of hydrogen-bond acceptors (Lipinski definition) is 6. The molecule has 0 bridgehead atoms. The van der Waals surface area contributed by atoms with E-state index in [4.69, 9.17) is 4.74 Å². The maximum Gasteiger partial charge on any atom is 0.256 e. The molecule has 0 radical (unpaired) electrons. The largest absolute Gasteiger partial charge is 0.376 e. The number of fused-ring (bicyclic) bond motifs is 2. The fraction of sp³-hybridized carbons (Fsp3) is 0.240. The summed E-state index contributed by atoms with van der Waals surface area (Å²) in [6.45, 7) is 1.35. The molecule has 5 rings (SSSR count). The van der Waals surface area contributed by atoms with Gasteiger partial charge >= 0.3 is 0 Å². The molecule has 0 saturated carbocycles. The summed E-state index contributed by atoms with van der Waals surface area (Å²) >= 11 is 2.94. The van der Waals surface area contributed by atoms with Crippen LogP contribution in [0.4, 0.5) is 5.69 Å². The van der Waals surface area contributed by atoms with Crippen molar-refractivity contribution in [1.29, 1.82) is 0 Å². The number of benzene rings is 3. The summed E-state index contributed by atoms with van der Waals surface area (Å²) in [6, 6.07) is 19.3. The molecule has 1 saturated heterocycles. The number of hydrogen-bond donors (Lipinski definition) is 2. The van der Waals surface area contributed by atoms with Gasteiger partial charge < -0.3 is 15.4 Å². The van der Waals surface area contributed by atoms with E-state index < -0.39 is 0 Å². The lowest BCUT2D eigenvalue weighted by Crippen LogP contribution is -2.32. The molecule has 1 aromatic heterocycles. The highest BCUT2D eigenvalue weighted by atomic mass is 32.2. The summed E-state index contributed by atoms with van der Waals surface area (Å²) in [7, 11) is 0. The molecule has 2 N–H and O–H groups in total. The Morgan fingerprint density at radius 2 is 2.00 bits per heavy atom. The molecule has 1 aliphatic rings. The van der Waals surface area contributed by atoms with E-state index in [1.54, 1.807) is 0 Å². The van der Waals surface area contributed by atoms with Crippen molar-refractivity contribution in [3.8, 4) is 0 Å². The van der Waals surface area contributed by atoms with Crippen LogP contribution in [0, 0.1) is 0 Å². The highest BCUT2D eigenvalue weighted by Gasteiger charge is 2.17. The number of carbonyl (C=O) groups excluding carboxylic acids is 2. The van der Waals surface area contributed by atoms with Gasteiger partial charge in [-0.15, -0.1) is 11.3 Å². The van der Waals surface area contributed by atoms with Gasteiger partial charge in [0.1, 0.15) is 0 Å². The van der Waals surface area contributed by atoms with Crippen LogP contribution < -0.4 is 10.6 Å². The molecular formula is C25H23N3O3S2. The minimum atomic E-state index is -0.145. The van der Waals surface area contributed by atoms with Crippen LogP contribution in [0.5, 0.6) is 0 Å². The second-order valence-electron chi connectivity index (χ2n) is 7.87. The maximum absolute atomic E-state index is 12.9. The Labute approximate surface area is 199 Å². The van der Waals surface area contributed by atoms with Crippen LogP contribution in [0.15, 0.2) is 65.0 Å². The average Bonchev–Trinajstić information content (AvgIpc) is 3.50. The van der Waals surface area contributed by atoms with Crippen molar-refractivity contribution >= 4 is 61.6 Å². The van der Waals surface area contributed by atoms with Crippen LogP contribution in [-0.4, -0.2) is 41.8 Å². The van der Waals surface area contributed by atoms with Crippen LogP contribution in [0.25, 0.3) is 21.0 Å². The molecule has 2 amide bonds. The Kier molecular flexibility index (Phi) is 6.57. The number of aromatic nitrogens is 1. The van der Waals surface area contributed by atoms with Gasteiger partial charge in [-0.3, -0.25) is 9.59 Å². The molecular weight excluding hydrogens is 454 g/mol. The Morgan fingerprint density at radius 3 is 2.88 bits per heavy atom. The van der Waals surface area contributed by atoms with Crippen molar-refractivity contribution in [2.45, 2.75) is 23.3 Å². The second kappa shape index (κ2) is 9.91. The highest BCUT2D eigenvalue weighted by Crippen LogP contribution is 2.31. The van der Waals surface area contributed by atoms with Crippen molar-refractivity contribution in [1.82, 2.24) is 10.3 Å². The van der Waals surface area contributed by atoms with E-state index in [-0.39, 0.29) is 17.9 Å². The summed E-state index contributed by atoms with van der Waals surface area (Å²) < 4.78 is 7.33. The third kappa shape index (κ3) is 5.19. The van der Waals surface area contributed by atoms with Gasteiger partial charge in [0.25, 0.3) is 5.91 Å². The number of amides is 2. The first-order valence-electron chi connectivity index (χ1n) is 10.9. The van der Waals surface area contributed by atoms with Crippen LogP contribution in [0.1, 0.15) is 23.2 Å². The predicted molar refractivity (Wildman–Crippen MR) is 134 cm³/mol. The van der Waals surface area contributed by atoms with Crippen molar-refractivity contribution in [3.63, 3.8) is 0 Å². The topological polar surface area (TPSA) is 80.3 Å². The van der Waals surface area contributed by atoms with E-state index in [0.29, 0.717) is 17.9 Å². The molecule has 0 aliphatic carbocycles. The highest BCUT2D eigenvalue weighted by molar-refractivity contribution is 8.01. The molecule has 0 unspecified atom stereocenters. The number of carbonyl (C=O) groups is 2. The molecule has 6 nitrogen and oxygen atoms in total.